The Morgan fingerprint density at radius 1 is 1.70 bits per heavy atom. The van der Waals surface area contributed by atoms with E-state index in [0.717, 1.165) is 0 Å². The van der Waals surface area contributed by atoms with Gasteiger partial charge in [0, 0.05) is 0 Å². The van der Waals surface area contributed by atoms with E-state index >= 15 is 0 Å². The fourth-order valence-corrected chi connectivity index (χ4v) is 0.667. The molecule has 0 unspecified atom stereocenters. The largest absolute Gasteiger partial charge is 0.353 e. The maximum absolute atomic E-state index is 10.5. The smallest absolute Gasteiger partial charge is 0.273 e. The zero-order valence-corrected chi connectivity index (χ0v) is 6.53. The molecule has 5 nitrogen and oxygen atoms in total. The van der Waals surface area contributed by atoms with Crippen LogP contribution in [0.25, 0.3) is 0 Å². The molecule has 10 heavy (non-hydrogen) atoms. The van der Waals surface area contributed by atoms with E-state index in [0.29, 0.717) is 0 Å². The van der Waals surface area contributed by atoms with Gasteiger partial charge in [-0.05, 0) is 12.5 Å². The van der Waals surface area contributed by atoms with E-state index < -0.39 is 12.0 Å². The van der Waals surface area contributed by atoms with E-state index in [9.17, 15) is 4.79 Å². The predicted molar refractivity (Wildman–Crippen MR) is 40.0 cm³/mol. The minimum atomic E-state index is -0.876. The third-order valence-corrected chi connectivity index (χ3v) is 1.02. The Bertz CT molecular complexity index is 184. The van der Waals surface area contributed by atoms with Gasteiger partial charge in [0.2, 0.25) is 5.96 Å². The van der Waals surface area contributed by atoms with Crippen LogP contribution in [-0.4, -0.2) is 24.5 Å². The number of guanidine groups is 1. The average molecular weight is 160 g/mol. The molecule has 2 amide bonds. The lowest BCUT2D eigenvalue weighted by molar-refractivity contribution is 0.253. The van der Waals surface area contributed by atoms with Gasteiger partial charge in [0.05, 0.1) is 0 Å². The van der Waals surface area contributed by atoms with Gasteiger partial charge in [-0.25, -0.2) is 4.79 Å². The second-order valence-electron chi connectivity index (χ2n) is 1.64. The molecule has 2 N–H and O–H groups in total. The maximum Gasteiger partial charge on any atom is 0.353 e. The number of carbonyl (C=O) groups excluding carboxylic acids is 1. The van der Waals surface area contributed by atoms with Gasteiger partial charge in [0.1, 0.15) is 0 Å². The molecule has 0 spiro atoms. The average Bonchev–Trinajstić information content (AvgIpc) is 1.58. The highest BCUT2D eigenvalue weighted by Gasteiger charge is 1.97. The van der Waals surface area contributed by atoms with Crippen LogP contribution in [0.4, 0.5) is 4.79 Å². The van der Waals surface area contributed by atoms with E-state index in [4.69, 9.17) is 11.1 Å². The Labute approximate surface area is 61.6 Å². The van der Waals surface area contributed by atoms with E-state index in [1.807, 2.05) is 5.32 Å². The molecule has 0 atom stereocenters. The maximum atomic E-state index is 10.5. The molecular formula is C4H8N4OS. The summed E-state index contributed by atoms with van der Waals surface area (Å²) in [6.45, 7) is 0. The van der Waals surface area contributed by atoms with Crippen molar-refractivity contribution < 1.29 is 4.79 Å². The van der Waals surface area contributed by atoms with Gasteiger partial charge in [0.15, 0.2) is 0 Å². The number of rotatable bonds is 0. The summed E-state index contributed by atoms with van der Waals surface area (Å²) in [6.07, 6.45) is 3.50. The molecule has 0 aliphatic heterocycles. The second kappa shape index (κ2) is 3.99. The molecule has 2 radical (unpaired) electrons. The van der Waals surface area contributed by atoms with Crippen LogP contribution in [0.1, 0.15) is 0 Å². The Hall–Kier alpha value is -0.910. The van der Waals surface area contributed by atoms with Gasteiger partial charge < -0.3 is 0 Å². The molecular weight excluding hydrogens is 152 g/mol. The first-order valence-corrected chi connectivity index (χ1v) is 4.40. The van der Waals surface area contributed by atoms with Crippen molar-refractivity contribution in [3.8, 4) is 0 Å². The van der Waals surface area contributed by atoms with Crippen LogP contribution in [0.5, 0.6) is 0 Å². The first kappa shape index (κ1) is 9.09. The van der Waals surface area contributed by atoms with Gasteiger partial charge in [-0.3, -0.25) is 10.7 Å². The Morgan fingerprint density at radius 2 is 2.20 bits per heavy atom. The van der Waals surface area contributed by atoms with Crippen LogP contribution in [0.3, 0.4) is 0 Å². The van der Waals surface area contributed by atoms with Crippen LogP contribution in [0, 0.1) is 5.41 Å². The van der Waals surface area contributed by atoms with Crippen molar-refractivity contribution in [1.29, 1.82) is 5.41 Å². The summed E-state index contributed by atoms with van der Waals surface area (Å²) < 4.78 is 3.49. The van der Waals surface area contributed by atoms with Crippen molar-refractivity contribution in [1.82, 2.24) is 11.1 Å². The van der Waals surface area contributed by atoms with E-state index in [1.54, 1.807) is 12.5 Å². The molecule has 0 aromatic rings. The summed E-state index contributed by atoms with van der Waals surface area (Å²) in [4.78, 5) is 10.5. The van der Waals surface area contributed by atoms with E-state index in [1.165, 1.54) is 0 Å². The number of amides is 2. The highest BCUT2D eigenvalue weighted by Crippen LogP contribution is 1.78. The number of nitrogens with one attached hydrogen (secondary N) is 2. The minimum Gasteiger partial charge on any atom is -0.273 e. The molecule has 6 heteroatoms. The molecule has 0 saturated heterocycles. The third kappa shape index (κ3) is 5.23. The molecule has 0 heterocycles. The molecule has 0 rings (SSSR count). The molecule has 0 aromatic carbocycles. The van der Waals surface area contributed by atoms with Gasteiger partial charge >= 0.3 is 6.03 Å². The lowest BCUT2D eigenvalue weighted by Gasteiger charge is -1.93. The molecule has 0 bridgehead atoms. The van der Waals surface area contributed by atoms with Crippen LogP contribution in [0.2, 0.25) is 0 Å². The molecule has 0 aliphatic carbocycles. The third-order valence-electron chi connectivity index (χ3n) is 0.491. The Morgan fingerprint density at radius 3 is 2.50 bits per heavy atom. The fraction of sp³-hybridized carbons (Fsp3) is 0.500. The lowest BCUT2D eigenvalue weighted by atomic mass is 10.9. The first-order chi connectivity index (χ1) is 4.52. The van der Waals surface area contributed by atoms with Crippen molar-refractivity contribution in [3.63, 3.8) is 0 Å². The lowest BCUT2D eigenvalue weighted by Crippen LogP contribution is -2.27. The van der Waals surface area contributed by atoms with Crippen LogP contribution in [-0.2, 0) is 10.7 Å². The number of hydrogen-bond acceptors (Lipinski definition) is 2. The van der Waals surface area contributed by atoms with Gasteiger partial charge in [0.25, 0.3) is 0 Å². The van der Waals surface area contributed by atoms with Crippen molar-refractivity contribution in [2.45, 2.75) is 0 Å². The fourth-order valence-electron chi connectivity index (χ4n) is 0.290. The molecule has 0 fully saturated rings. The standard InChI is InChI=1S/C4H8N4OS/c1-10(2)8-4(9)7-3(5)6/h1-2H3,(H2,5,7,9). The zero-order valence-electron chi connectivity index (χ0n) is 5.71. The number of hydrogen-bond donors (Lipinski definition) is 2. The van der Waals surface area contributed by atoms with Crippen molar-refractivity contribution in [3.05, 3.63) is 0 Å². The Kier molecular flexibility index (Phi) is 3.63. The highest BCUT2D eigenvalue weighted by molar-refractivity contribution is 7.86. The van der Waals surface area contributed by atoms with Crippen LogP contribution >= 0.6 is 0 Å². The normalized spacial score (nSPS) is 9.10. The molecule has 0 aromatic heterocycles. The monoisotopic (exact) mass is 160 g/mol. The first-order valence-electron chi connectivity index (χ1n) is 2.40. The summed E-state index contributed by atoms with van der Waals surface area (Å²) >= 11 is 0. The summed E-state index contributed by atoms with van der Waals surface area (Å²) in [6, 6.07) is -0.680. The number of nitrogens with zero attached hydrogens (tertiary/aromatic N) is 2. The van der Waals surface area contributed by atoms with E-state index in [2.05, 4.69) is 4.36 Å². The van der Waals surface area contributed by atoms with Crippen LogP contribution in [0.15, 0.2) is 4.36 Å². The summed E-state index contributed by atoms with van der Waals surface area (Å²) in [5, 5.41) is 8.25. The van der Waals surface area contributed by atoms with Gasteiger partial charge in [-0.1, -0.05) is 10.7 Å². The molecule has 0 aliphatic rings. The van der Waals surface area contributed by atoms with Gasteiger partial charge in [-0.15, -0.1) is 5.73 Å². The number of carbonyl (C=O) groups is 1. The summed E-state index contributed by atoms with van der Waals surface area (Å²) in [5.41, 5.74) is 8.23. The topological polar surface area (TPSA) is 87.6 Å². The Balaban J connectivity index is 3.88. The summed E-state index contributed by atoms with van der Waals surface area (Å²) in [5.74, 6) is -0.876. The van der Waals surface area contributed by atoms with Crippen LogP contribution < -0.4 is 11.1 Å². The minimum absolute atomic E-state index is 0.357. The SMILES string of the molecule is CS(C)=NC(=O)NC([N])=N. The highest BCUT2D eigenvalue weighted by atomic mass is 32.2. The van der Waals surface area contributed by atoms with Crippen molar-refractivity contribution in [2.24, 2.45) is 4.36 Å². The van der Waals surface area contributed by atoms with Gasteiger partial charge in [-0.2, -0.15) is 4.36 Å². The predicted octanol–water partition coefficient (Wildman–Crippen LogP) is -0.239. The second-order valence-corrected chi connectivity index (χ2v) is 3.37. The number of urea groups is 1. The molecule has 56 valence electrons. The summed E-state index contributed by atoms with van der Waals surface area (Å²) in [7, 11) is -0.357. The van der Waals surface area contributed by atoms with Crippen molar-refractivity contribution in [2.75, 3.05) is 12.5 Å². The zero-order chi connectivity index (χ0) is 8.15. The molecule has 0 saturated carbocycles. The van der Waals surface area contributed by atoms with E-state index in [-0.39, 0.29) is 10.7 Å². The van der Waals surface area contributed by atoms with Crippen molar-refractivity contribution >= 4 is 22.7 Å². The quantitative estimate of drug-likeness (QED) is 0.372.